The molecule has 0 unspecified atom stereocenters. The number of carboxylic acid groups (broad SMARTS) is 1. The van der Waals surface area contributed by atoms with Gasteiger partial charge in [-0.25, -0.2) is 4.79 Å². The molecule has 41 heavy (non-hydrogen) atoms. The number of hydrogen-bond acceptors (Lipinski definition) is 6. The molecular formula is C30H22F3N3O5. The molecule has 0 bridgehead atoms. The topological polar surface area (TPSA) is 111 Å². The van der Waals surface area contributed by atoms with Crippen LogP contribution in [0.3, 0.4) is 0 Å². The monoisotopic (exact) mass is 561 g/mol. The third-order valence-electron chi connectivity index (χ3n) is 6.50. The molecule has 0 saturated carbocycles. The molecule has 0 atom stereocenters. The Morgan fingerprint density at radius 2 is 1.71 bits per heavy atom. The van der Waals surface area contributed by atoms with E-state index in [2.05, 4.69) is 15.3 Å². The van der Waals surface area contributed by atoms with E-state index in [4.69, 9.17) is 5.11 Å². The molecule has 4 aromatic carbocycles. The summed E-state index contributed by atoms with van der Waals surface area (Å²) >= 11 is 0. The van der Waals surface area contributed by atoms with Crippen LogP contribution in [0.5, 0.6) is 11.5 Å². The number of benzene rings is 4. The van der Waals surface area contributed by atoms with Crippen LogP contribution >= 0.6 is 0 Å². The molecule has 0 spiro atoms. The summed E-state index contributed by atoms with van der Waals surface area (Å²) in [5.74, 6) is -0.855. The van der Waals surface area contributed by atoms with Gasteiger partial charge in [-0.15, -0.1) is 0 Å². The van der Waals surface area contributed by atoms with E-state index in [-0.39, 0.29) is 34.1 Å². The first-order chi connectivity index (χ1) is 19.6. The number of para-hydroxylation sites is 1. The lowest BCUT2D eigenvalue weighted by molar-refractivity contribution is -0.137. The van der Waals surface area contributed by atoms with Gasteiger partial charge >= 0.3 is 12.3 Å². The number of halogens is 3. The number of alkyl halides is 3. The number of hydrogen-bond donors (Lipinski definition) is 3. The van der Waals surface area contributed by atoms with Gasteiger partial charge in [0, 0.05) is 16.8 Å². The van der Waals surface area contributed by atoms with Crippen molar-refractivity contribution in [2.45, 2.75) is 19.5 Å². The van der Waals surface area contributed by atoms with Crippen molar-refractivity contribution in [3.63, 3.8) is 0 Å². The van der Waals surface area contributed by atoms with Gasteiger partial charge in [0.05, 0.1) is 16.9 Å². The quantitative estimate of drug-likeness (QED) is 0.0994. The number of hydrazone groups is 1. The molecule has 8 nitrogen and oxygen atoms in total. The predicted octanol–water partition coefficient (Wildman–Crippen LogP) is 7.19. The Morgan fingerprint density at radius 1 is 0.976 bits per heavy atom. The summed E-state index contributed by atoms with van der Waals surface area (Å²) in [7, 11) is 0. The molecule has 0 aromatic heterocycles. The summed E-state index contributed by atoms with van der Waals surface area (Å²) < 4.78 is 45.3. The van der Waals surface area contributed by atoms with Crippen LogP contribution in [0.15, 0.2) is 90.0 Å². The van der Waals surface area contributed by atoms with Gasteiger partial charge in [-0.1, -0.05) is 43.3 Å². The van der Waals surface area contributed by atoms with Crippen LogP contribution in [0.25, 0.3) is 11.1 Å². The van der Waals surface area contributed by atoms with Crippen molar-refractivity contribution in [3.05, 3.63) is 102 Å². The van der Waals surface area contributed by atoms with E-state index in [0.717, 1.165) is 24.1 Å². The Labute approximate surface area is 231 Å². The number of aryl methyl sites for hydroxylation is 1. The highest BCUT2D eigenvalue weighted by Gasteiger charge is 2.39. The Kier molecular flexibility index (Phi) is 7.10. The molecule has 208 valence electrons. The highest BCUT2D eigenvalue weighted by molar-refractivity contribution is 6.55. The molecule has 1 aliphatic heterocycles. The van der Waals surface area contributed by atoms with Gasteiger partial charge in [-0.2, -0.15) is 18.3 Å². The normalized spacial score (nSPS) is 13.8. The smallest absolute Gasteiger partial charge is 0.505 e. The van der Waals surface area contributed by atoms with Gasteiger partial charge in [0.25, 0.3) is 5.91 Å². The number of rotatable bonds is 6. The number of anilines is 3. The second-order valence-electron chi connectivity index (χ2n) is 9.06. The molecule has 3 N–H and O–H groups in total. The van der Waals surface area contributed by atoms with Crippen molar-refractivity contribution in [2.75, 3.05) is 10.3 Å². The average molecular weight is 562 g/mol. The van der Waals surface area contributed by atoms with E-state index in [1.54, 1.807) is 48.5 Å². The Morgan fingerprint density at radius 3 is 2.39 bits per heavy atom. The lowest BCUT2D eigenvalue weighted by Crippen LogP contribution is -2.26. The zero-order chi connectivity index (χ0) is 29.3. The molecule has 5 rings (SSSR count). The molecule has 1 aliphatic rings. The first-order valence-electron chi connectivity index (χ1n) is 12.4. The minimum Gasteiger partial charge on any atom is -0.505 e. The van der Waals surface area contributed by atoms with Gasteiger partial charge < -0.3 is 14.9 Å². The fourth-order valence-corrected chi connectivity index (χ4v) is 4.48. The summed E-state index contributed by atoms with van der Waals surface area (Å²) in [5.41, 5.74) is 4.07. The molecule has 0 radical (unpaired) electrons. The SMILES string of the molecule is CCc1ccc(N2C(=O)C(=NNc3cccc(-c4cccc(OC(=O)O)c4)c3O)c3ccc(C(F)(F)F)cc32)cc1. The first-order valence-corrected chi connectivity index (χ1v) is 12.4. The number of nitrogens with zero attached hydrogens (tertiary/aromatic N) is 2. The minimum atomic E-state index is -4.62. The lowest BCUT2D eigenvalue weighted by atomic mass is 10.0. The average Bonchev–Trinajstić information content (AvgIpc) is 3.22. The van der Waals surface area contributed by atoms with Crippen molar-refractivity contribution >= 4 is 34.8 Å². The van der Waals surface area contributed by atoms with Crippen molar-refractivity contribution in [3.8, 4) is 22.6 Å². The highest BCUT2D eigenvalue weighted by Crippen LogP contribution is 2.41. The van der Waals surface area contributed by atoms with Gasteiger partial charge in [-0.05, 0) is 66.1 Å². The zero-order valence-electron chi connectivity index (χ0n) is 21.4. The highest BCUT2D eigenvalue weighted by atomic mass is 19.4. The number of carbonyl (C=O) groups is 2. The van der Waals surface area contributed by atoms with E-state index >= 15 is 0 Å². The standard InChI is InChI=1S/C30H22F3N3O5/c1-2-17-9-12-20(13-10-17)36-25-16-19(30(31,32)33)11-14-23(25)26(28(36)38)35-34-24-8-4-7-22(27(24)37)18-5-3-6-21(15-18)41-29(39)40/h3-16,34,37H,2H2,1H3,(H,39,40). The Bertz CT molecular complexity index is 1680. The summed E-state index contributed by atoms with van der Waals surface area (Å²) in [5, 5.41) is 24.0. The van der Waals surface area contributed by atoms with Crippen LogP contribution in [0.1, 0.15) is 23.6 Å². The Balaban J connectivity index is 1.53. The van der Waals surface area contributed by atoms with Gasteiger partial charge in [0.1, 0.15) is 11.5 Å². The van der Waals surface area contributed by atoms with Crippen molar-refractivity contribution in [1.29, 1.82) is 0 Å². The zero-order valence-corrected chi connectivity index (χ0v) is 21.4. The number of phenols is 1. The minimum absolute atomic E-state index is 0.0304. The number of amides is 1. The van der Waals surface area contributed by atoms with Gasteiger partial charge in [0.15, 0.2) is 5.71 Å². The third-order valence-corrected chi connectivity index (χ3v) is 6.50. The van der Waals surface area contributed by atoms with E-state index in [9.17, 15) is 27.9 Å². The van der Waals surface area contributed by atoms with Crippen molar-refractivity contribution < 1.29 is 37.7 Å². The van der Waals surface area contributed by atoms with Crippen molar-refractivity contribution in [1.82, 2.24) is 0 Å². The second-order valence-corrected chi connectivity index (χ2v) is 9.06. The van der Waals surface area contributed by atoms with E-state index < -0.39 is 23.8 Å². The lowest BCUT2D eigenvalue weighted by Gasteiger charge is -2.18. The second kappa shape index (κ2) is 10.7. The largest absolute Gasteiger partial charge is 0.511 e. The first kappa shape index (κ1) is 27.3. The molecule has 0 fully saturated rings. The maximum Gasteiger partial charge on any atom is 0.511 e. The van der Waals surface area contributed by atoms with Gasteiger partial charge in [0.2, 0.25) is 0 Å². The molecule has 0 aliphatic carbocycles. The maximum absolute atomic E-state index is 13.5. The molecule has 1 heterocycles. The Hall–Kier alpha value is -5.32. The van der Waals surface area contributed by atoms with E-state index in [1.807, 2.05) is 6.92 Å². The van der Waals surface area contributed by atoms with Crippen LogP contribution in [-0.2, 0) is 17.4 Å². The number of fused-ring (bicyclic) bond motifs is 1. The molecule has 0 saturated heterocycles. The molecular weight excluding hydrogens is 539 g/mol. The van der Waals surface area contributed by atoms with Gasteiger partial charge in [-0.3, -0.25) is 15.1 Å². The van der Waals surface area contributed by atoms with Crippen LogP contribution in [0.4, 0.5) is 35.0 Å². The molecule has 4 aromatic rings. The predicted molar refractivity (Wildman–Crippen MR) is 147 cm³/mol. The van der Waals surface area contributed by atoms with Crippen LogP contribution in [0, 0.1) is 0 Å². The van der Waals surface area contributed by atoms with Crippen molar-refractivity contribution in [2.24, 2.45) is 5.10 Å². The molecule has 1 amide bonds. The summed E-state index contributed by atoms with van der Waals surface area (Å²) in [6, 6.07) is 20.6. The van der Waals surface area contributed by atoms with E-state index in [1.165, 1.54) is 29.2 Å². The number of aromatic hydroxyl groups is 1. The number of nitrogens with one attached hydrogen (secondary N) is 1. The summed E-state index contributed by atoms with van der Waals surface area (Å²) in [6.07, 6.45) is -5.36. The fourth-order valence-electron chi connectivity index (χ4n) is 4.48. The molecule has 11 heteroatoms. The van der Waals surface area contributed by atoms with Crippen LogP contribution < -0.4 is 15.1 Å². The number of ether oxygens (including phenoxy) is 1. The van der Waals surface area contributed by atoms with E-state index in [0.29, 0.717) is 16.8 Å². The fraction of sp³-hybridized carbons (Fsp3) is 0.100. The maximum atomic E-state index is 13.5. The van der Waals surface area contributed by atoms with Crippen LogP contribution in [0.2, 0.25) is 0 Å². The summed E-state index contributed by atoms with van der Waals surface area (Å²) in [4.78, 5) is 25.6. The number of carbonyl (C=O) groups excluding carboxylic acids is 1. The third kappa shape index (κ3) is 5.42. The van der Waals surface area contributed by atoms with Crippen LogP contribution in [-0.4, -0.2) is 28.0 Å². The number of phenolic OH excluding ortho intramolecular Hbond substituents is 1. The summed E-state index contributed by atoms with van der Waals surface area (Å²) in [6.45, 7) is 1.96.